The van der Waals surface area contributed by atoms with E-state index in [9.17, 15) is 4.79 Å². The molecule has 1 aromatic rings. The number of rotatable bonds is 6. The quantitative estimate of drug-likeness (QED) is 0.493. The van der Waals surface area contributed by atoms with E-state index in [0.29, 0.717) is 11.8 Å². The zero-order valence-corrected chi connectivity index (χ0v) is 17.0. The predicted octanol–water partition coefficient (Wildman–Crippen LogP) is 5.45. The molecule has 2 aliphatic rings. The minimum atomic E-state index is -0.142. The third kappa shape index (κ3) is 6.49. The summed E-state index contributed by atoms with van der Waals surface area (Å²) >= 11 is 0. The Balaban J connectivity index is 1.41. The summed E-state index contributed by atoms with van der Waals surface area (Å²) in [5.74, 6) is 1.04. The van der Waals surface area contributed by atoms with Crippen LogP contribution in [0.25, 0.3) is 0 Å². The first-order chi connectivity index (χ1) is 13.1. The standard InChI is InChI=1S/C24H35NO2/c1-25(2)18-20-8-11-21(12-9-20)22-13-15-23(16-14-22)27-24(26)17-10-19-6-4-3-5-7-19/h8-12,17,19,22-23H,3-7,13-16,18H2,1-2H3/b17-10+. The first-order valence-corrected chi connectivity index (χ1v) is 10.7. The normalized spacial score (nSPS) is 24.4. The van der Waals surface area contributed by atoms with Crippen LogP contribution in [0.1, 0.15) is 74.8 Å². The molecule has 3 heteroatoms. The van der Waals surface area contributed by atoms with Crippen molar-refractivity contribution in [3.63, 3.8) is 0 Å². The molecule has 2 aliphatic carbocycles. The van der Waals surface area contributed by atoms with Gasteiger partial charge in [-0.3, -0.25) is 0 Å². The molecule has 2 fully saturated rings. The highest BCUT2D eigenvalue weighted by atomic mass is 16.5. The Morgan fingerprint density at radius 2 is 1.67 bits per heavy atom. The zero-order valence-electron chi connectivity index (χ0n) is 17.0. The highest BCUT2D eigenvalue weighted by molar-refractivity contribution is 5.82. The minimum Gasteiger partial charge on any atom is -0.459 e. The van der Waals surface area contributed by atoms with Crippen molar-refractivity contribution < 1.29 is 9.53 Å². The van der Waals surface area contributed by atoms with E-state index in [0.717, 1.165) is 32.2 Å². The Labute approximate surface area is 164 Å². The molecule has 0 unspecified atom stereocenters. The van der Waals surface area contributed by atoms with Gasteiger partial charge in [-0.15, -0.1) is 0 Å². The second kappa shape index (κ2) is 10.1. The fraction of sp³-hybridized carbons (Fsp3) is 0.625. The monoisotopic (exact) mass is 369 g/mol. The lowest BCUT2D eigenvalue weighted by molar-refractivity contribution is -0.144. The largest absolute Gasteiger partial charge is 0.459 e. The molecule has 0 N–H and O–H groups in total. The molecular formula is C24H35NO2. The summed E-state index contributed by atoms with van der Waals surface area (Å²) in [6, 6.07) is 9.06. The number of hydrogen-bond donors (Lipinski definition) is 0. The van der Waals surface area contributed by atoms with Crippen molar-refractivity contribution in [1.29, 1.82) is 0 Å². The highest BCUT2D eigenvalue weighted by Crippen LogP contribution is 2.34. The lowest BCUT2D eigenvalue weighted by Gasteiger charge is -2.28. The van der Waals surface area contributed by atoms with Gasteiger partial charge in [0.15, 0.2) is 0 Å². The fourth-order valence-corrected chi connectivity index (χ4v) is 4.52. The van der Waals surface area contributed by atoms with Crippen LogP contribution in [0.4, 0.5) is 0 Å². The number of carbonyl (C=O) groups is 1. The fourth-order valence-electron chi connectivity index (χ4n) is 4.52. The Hall–Kier alpha value is -1.61. The third-order valence-electron chi connectivity index (χ3n) is 6.06. The van der Waals surface area contributed by atoms with Crippen molar-refractivity contribution in [1.82, 2.24) is 4.90 Å². The number of carbonyl (C=O) groups excluding carboxylic acids is 1. The molecule has 0 aromatic heterocycles. The van der Waals surface area contributed by atoms with Crippen molar-refractivity contribution in [2.24, 2.45) is 5.92 Å². The molecular weight excluding hydrogens is 334 g/mol. The molecule has 0 saturated heterocycles. The van der Waals surface area contributed by atoms with Crippen LogP contribution < -0.4 is 0 Å². The van der Waals surface area contributed by atoms with Crippen LogP contribution in [-0.4, -0.2) is 31.1 Å². The molecule has 0 spiro atoms. The SMILES string of the molecule is CN(C)Cc1ccc(C2CCC(OC(=O)/C=C/C3CCCCC3)CC2)cc1. The first kappa shape index (κ1) is 20.1. The van der Waals surface area contributed by atoms with E-state index in [4.69, 9.17) is 4.74 Å². The van der Waals surface area contributed by atoms with Gasteiger partial charge in [0.1, 0.15) is 6.10 Å². The van der Waals surface area contributed by atoms with Crippen molar-refractivity contribution in [3.05, 3.63) is 47.5 Å². The molecule has 1 aromatic carbocycles. The van der Waals surface area contributed by atoms with Crippen molar-refractivity contribution in [2.75, 3.05) is 14.1 Å². The van der Waals surface area contributed by atoms with Crippen LogP contribution in [0.5, 0.6) is 0 Å². The van der Waals surface area contributed by atoms with Crippen molar-refractivity contribution >= 4 is 5.97 Å². The van der Waals surface area contributed by atoms with Gasteiger partial charge in [0.05, 0.1) is 0 Å². The van der Waals surface area contributed by atoms with Crippen LogP contribution in [0.3, 0.4) is 0 Å². The van der Waals surface area contributed by atoms with E-state index in [1.165, 1.54) is 43.2 Å². The van der Waals surface area contributed by atoms with E-state index in [1.54, 1.807) is 6.08 Å². The average Bonchev–Trinajstić information content (AvgIpc) is 2.68. The number of benzene rings is 1. The van der Waals surface area contributed by atoms with Gasteiger partial charge in [0.25, 0.3) is 0 Å². The lowest BCUT2D eigenvalue weighted by Crippen LogP contribution is -2.23. The number of allylic oxidation sites excluding steroid dienone is 1. The van der Waals surface area contributed by atoms with Crippen LogP contribution >= 0.6 is 0 Å². The van der Waals surface area contributed by atoms with Crippen LogP contribution in [0.2, 0.25) is 0 Å². The summed E-state index contributed by atoms with van der Waals surface area (Å²) in [7, 11) is 4.20. The molecule has 3 rings (SSSR count). The van der Waals surface area contributed by atoms with E-state index < -0.39 is 0 Å². The lowest BCUT2D eigenvalue weighted by atomic mass is 9.82. The Morgan fingerprint density at radius 1 is 1.00 bits per heavy atom. The predicted molar refractivity (Wildman–Crippen MR) is 111 cm³/mol. The Bertz CT molecular complexity index is 606. The summed E-state index contributed by atoms with van der Waals surface area (Å²) in [6.07, 6.45) is 14.4. The van der Waals surface area contributed by atoms with Crippen molar-refractivity contribution in [3.8, 4) is 0 Å². The molecule has 0 atom stereocenters. The average molecular weight is 370 g/mol. The first-order valence-electron chi connectivity index (χ1n) is 10.7. The molecule has 0 radical (unpaired) electrons. The van der Waals surface area contributed by atoms with Crippen molar-refractivity contribution in [2.45, 2.75) is 76.4 Å². The summed E-state index contributed by atoms with van der Waals surface area (Å²) in [4.78, 5) is 14.3. The van der Waals surface area contributed by atoms with Crippen LogP contribution in [0, 0.1) is 5.92 Å². The van der Waals surface area contributed by atoms with Gasteiger partial charge in [-0.1, -0.05) is 49.6 Å². The summed E-state index contributed by atoms with van der Waals surface area (Å²) in [5, 5.41) is 0. The molecule has 148 valence electrons. The smallest absolute Gasteiger partial charge is 0.330 e. The number of ether oxygens (including phenoxy) is 1. The molecule has 0 heterocycles. The van der Waals surface area contributed by atoms with E-state index >= 15 is 0 Å². The number of hydrogen-bond acceptors (Lipinski definition) is 3. The van der Waals surface area contributed by atoms with Gasteiger partial charge >= 0.3 is 5.97 Å². The van der Waals surface area contributed by atoms with Crippen LogP contribution in [-0.2, 0) is 16.1 Å². The Kier molecular flexibility index (Phi) is 7.51. The maximum Gasteiger partial charge on any atom is 0.330 e. The van der Waals surface area contributed by atoms with Gasteiger partial charge in [0, 0.05) is 12.6 Å². The van der Waals surface area contributed by atoms with Gasteiger partial charge in [0.2, 0.25) is 0 Å². The summed E-state index contributed by atoms with van der Waals surface area (Å²) in [5.41, 5.74) is 2.79. The maximum atomic E-state index is 12.1. The third-order valence-corrected chi connectivity index (χ3v) is 6.06. The zero-order chi connectivity index (χ0) is 19.1. The topological polar surface area (TPSA) is 29.5 Å². The second-order valence-corrected chi connectivity index (χ2v) is 8.65. The second-order valence-electron chi connectivity index (χ2n) is 8.65. The summed E-state index contributed by atoms with van der Waals surface area (Å²) < 4.78 is 5.70. The number of nitrogens with zero attached hydrogens (tertiary/aromatic N) is 1. The number of esters is 1. The van der Waals surface area contributed by atoms with E-state index in [1.807, 2.05) is 0 Å². The minimum absolute atomic E-state index is 0.0952. The van der Waals surface area contributed by atoms with Gasteiger partial charge in [-0.05, 0) is 75.6 Å². The van der Waals surface area contributed by atoms with Gasteiger partial charge in [-0.25, -0.2) is 4.79 Å². The molecule has 27 heavy (non-hydrogen) atoms. The van der Waals surface area contributed by atoms with Gasteiger partial charge < -0.3 is 9.64 Å². The maximum absolute atomic E-state index is 12.1. The molecule has 0 aliphatic heterocycles. The highest BCUT2D eigenvalue weighted by Gasteiger charge is 2.24. The summed E-state index contributed by atoms with van der Waals surface area (Å²) in [6.45, 7) is 0.983. The molecule has 0 bridgehead atoms. The van der Waals surface area contributed by atoms with Crippen LogP contribution in [0.15, 0.2) is 36.4 Å². The van der Waals surface area contributed by atoms with Gasteiger partial charge in [-0.2, -0.15) is 0 Å². The molecule has 0 amide bonds. The van der Waals surface area contributed by atoms with E-state index in [-0.39, 0.29) is 12.1 Å². The Morgan fingerprint density at radius 3 is 2.30 bits per heavy atom. The van der Waals surface area contributed by atoms with E-state index in [2.05, 4.69) is 49.3 Å². The molecule has 2 saturated carbocycles. The molecule has 3 nitrogen and oxygen atoms in total.